The monoisotopic (exact) mass is 446 g/mol. The Morgan fingerprint density at radius 2 is 1.91 bits per heavy atom. The molecule has 5 rings (SSSR count). The molecule has 1 N–H and O–H groups in total. The number of aromatic nitrogens is 5. The molecule has 1 fully saturated rings. The van der Waals surface area contributed by atoms with Crippen molar-refractivity contribution in [1.29, 1.82) is 0 Å². The lowest BCUT2D eigenvalue weighted by atomic mass is 10.1. The summed E-state index contributed by atoms with van der Waals surface area (Å²) in [5, 5.41) is 13.9. The Bertz CT molecular complexity index is 1280. The maximum absolute atomic E-state index is 12.7. The van der Waals surface area contributed by atoms with Gasteiger partial charge in [0.1, 0.15) is 15.8 Å². The molecule has 4 heterocycles. The highest BCUT2D eigenvalue weighted by molar-refractivity contribution is 7.14. The molecule has 0 spiro atoms. The number of fused-ring (bicyclic) bond motifs is 1. The summed E-state index contributed by atoms with van der Waals surface area (Å²) in [7, 11) is 4.16. The van der Waals surface area contributed by atoms with Crippen molar-refractivity contribution < 1.29 is 4.79 Å². The van der Waals surface area contributed by atoms with E-state index in [1.807, 2.05) is 25.1 Å². The molecule has 0 unspecified atom stereocenters. The molecule has 0 aliphatic carbocycles. The van der Waals surface area contributed by atoms with Gasteiger partial charge in [-0.15, -0.1) is 10.2 Å². The van der Waals surface area contributed by atoms with Crippen molar-refractivity contribution in [1.82, 2.24) is 30.0 Å². The second-order valence-electron chi connectivity index (χ2n) is 7.94. The Balaban J connectivity index is 1.54. The van der Waals surface area contributed by atoms with Crippen LogP contribution in [0.15, 0.2) is 42.7 Å². The number of pyridine rings is 1. The van der Waals surface area contributed by atoms with Crippen LogP contribution >= 0.6 is 11.3 Å². The summed E-state index contributed by atoms with van der Waals surface area (Å²) in [4.78, 5) is 30.4. The number of amides is 1. The fourth-order valence-electron chi connectivity index (χ4n) is 3.59. The highest BCUT2D eigenvalue weighted by Crippen LogP contribution is 2.33. The van der Waals surface area contributed by atoms with Crippen LogP contribution in [0, 0.1) is 6.92 Å². The number of hydrogen-bond donors (Lipinski definition) is 1. The summed E-state index contributed by atoms with van der Waals surface area (Å²) >= 11 is 1.53. The van der Waals surface area contributed by atoms with Gasteiger partial charge in [0.15, 0.2) is 0 Å². The first-order chi connectivity index (χ1) is 15.5. The minimum absolute atomic E-state index is 0.271. The SMILES string of the molecule is Cc1nnc(-c2ccc3c(N4CC(N(C)C)C4)nc(NC(=O)c4ccncc4)nc3c2)s1. The highest BCUT2D eigenvalue weighted by Gasteiger charge is 2.31. The van der Waals surface area contributed by atoms with E-state index in [0.717, 1.165) is 45.4 Å². The lowest BCUT2D eigenvalue weighted by Crippen LogP contribution is -2.57. The number of nitrogens with one attached hydrogen (secondary N) is 1. The largest absolute Gasteiger partial charge is 0.353 e. The van der Waals surface area contributed by atoms with Gasteiger partial charge in [-0.2, -0.15) is 4.98 Å². The number of carbonyl (C=O) groups is 1. The minimum Gasteiger partial charge on any atom is -0.353 e. The Morgan fingerprint density at radius 1 is 1.12 bits per heavy atom. The van der Waals surface area contributed by atoms with Gasteiger partial charge >= 0.3 is 0 Å². The molecule has 0 radical (unpaired) electrons. The molecule has 0 atom stereocenters. The van der Waals surface area contributed by atoms with E-state index >= 15 is 0 Å². The summed E-state index contributed by atoms with van der Waals surface area (Å²) in [6.07, 6.45) is 3.17. The molecule has 1 aliphatic heterocycles. The minimum atomic E-state index is -0.275. The average Bonchev–Trinajstić information content (AvgIpc) is 3.19. The van der Waals surface area contributed by atoms with Crippen LogP contribution in [0.2, 0.25) is 0 Å². The van der Waals surface area contributed by atoms with Crippen LogP contribution in [0.5, 0.6) is 0 Å². The van der Waals surface area contributed by atoms with E-state index in [-0.39, 0.29) is 11.9 Å². The Labute approximate surface area is 189 Å². The third-order valence-corrected chi connectivity index (χ3v) is 6.40. The zero-order valence-corrected chi connectivity index (χ0v) is 18.8. The molecule has 1 amide bonds. The van der Waals surface area contributed by atoms with Crippen molar-refractivity contribution in [3.63, 3.8) is 0 Å². The van der Waals surface area contributed by atoms with E-state index in [4.69, 9.17) is 4.98 Å². The molecule has 4 aromatic rings. The summed E-state index contributed by atoms with van der Waals surface area (Å²) < 4.78 is 0. The van der Waals surface area contributed by atoms with E-state index in [9.17, 15) is 4.79 Å². The first-order valence-corrected chi connectivity index (χ1v) is 11.0. The normalized spacial score (nSPS) is 14.1. The van der Waals surface area contributed by atoms with Crippen molar-refractivity contribution >= 4 is 39.9 Å². The van der Waals surface area contributed by atoms with Crippen LogP contribution < -0.4 is 10.2 Å². The standard InChI is InChI=1S/C22H22N8OS/c1-13-27-28-21(32-13)15-4-5-17-18(10-15)24-22(26-20(31)14-6-8-23-9-7-14)25-19(17)30-11-16(12-30)29(2)3/h4-10,16H,11-12H2,1-3H3,(H,24,25,26,31). The predicted molar refractivity (Wildman–Crippen MR) is 125 cm³/mol. The summed E-state index contributed by atoms with van der Waals surface area (Å²) in [6.45, 7) is 3.67. The van der Waals surface area contributed by atoms with Crippen LogP contribution in [0.25, 0.3) is 21.5 Å². The smallest absolute Gasteiger partial charge is 0.258 e. The van der Waals surface area contributed by atoms with Gasteiger partial charge in [0.05, 0.1) is 5.52 Å². The van der Waals surface area contributed by atoms with Gasteiger partial charge in [0.2, 0.25) is 5.95 Å². The van der Waals surface area contributed by atoms with Crippen molar-refractivity contribution in [3.8, 4) is 10.6 Å². The zero-order valence-electron chi connectivity index (χ0n) is 18.0. The average molecular weight is 447 g/mol. The summed E-state index contributed by atoms with van der Waals surface area (Å²) in [6, 6.07) is 9.81. The first-order valence-electron chi connectivity index (χ1n) is 10.2. The topological polar surface area (TPSA) is 100 Å². The molecule has 1 saturated heterocycles. The zero-order chi connectivity index (χ0) is 22.2. The lowest BCUT2D eigenvalue weighted by molar-refractivity contribution is 0.102. The maximum Gasteiger partial charge on any atom is 0.258 e. The van der Waals surface area contributed by atoms with Crippen LogP contribution in [-0.2, 0) is 0 Å². The number of rotatable bonds is 5. The van der Waals surface area contributed by atoms with Crippen LogP contribution in [0.3, 0.4) is 0 Å². The molecular weight excluding hydrogens is 424 g/mol. The molecule has 0 saturated carbocycles. The van der Waals surface area contributed by atoms with E-state index in [1.54, 1.807) is 24.5 Å². The second kappa shape index (κ2) is 8.21. The maximum atomic E-state index is 12.7. The van der Waals surface area contributed by atoms with Crippen LogP contribution in [-0.4, -0.2) is 69.2 Å². The Morgan fingerprint density at radius 3 is 2.59 bits per heavy atom. The molecule has 32 heavy (non-hydrogen) atoms. The molecule has 10 heteroatoms. The van der Waals surface area contributed by atoms with E-state index in [0.29, 0.717) is 11.6 Å². The quantitative estimate of drug-likeness (QED) is 0.500. The number of anilines is 2. The lowest BCUT2D eigenvalue weighted by Gasteiger charge is -2.43. The van der Waals surface area contributed by atoms with Crippen molar-refractivity contribution in [2.24, 2.45) is 0 Å². The second-order valence-corrected chi connectivity index (χ2v) is 9.12. The number of nitrogens with zero attached hydrogens (tertiary/aromatic N) is 7. The van der Waals surface area contributed by atoms with Gasteiger partial charge < -0.3 is 9.80 Å². The summed E-state index contributed by atoms with van der Waals surface area (Å²) in [5.74, 6) is 0.815. The predicted octanol–water partition coefficient (Wildman–Crippen LogP) is 2.85. The highest BCUT2D eigenvalue weighted by atomic mass is 32.1. The van der Waals surface area contributed by atoms with Gasteiger partial charge in [-0.3, -0.25) is 15.1 Å². The number of likely N-dealkylation sites (N-methyl/N-ethyl adjacent to an activating group) is 1. The van der Waals surface area contributed by atoms with Gasteiger partial charge in [0, 0.05) is 48.0 Å². The molecular formula is C22H22N8OS. The van der Waals surface area contributed by atoms with Gasteiger partial charge in [0.25, 0.3) is 5.91 Å². The molecule has 3 aromatic heterocycles. The van der Waals surface area contributed by atoms with Crippen molar-refractivity contribution in [2.45, 2.75) is 13.0 Å². The van der Waals surface area contributed by atoms with Crippen molar-refractivity contribution in [2.75, 3.05) is 37.4 Å². The van der Waals surface area contributed by atoms with Crippen LogP contribution in [0.4, 0.5) is 11.8 Å². The molecule has 162 valence electrons. The van der Waals surface area contributed by atoms with E-state index < -0.39 is 0 Å². The van der Waals surface area contributed by atoms with Gasteiger partial charge in [-0.25, -0.2) is 4.98 Å². The molecule has 9 nitrogen and oxygen atoms in total. The van der Waals surface area contributed by atoms with Crippen molar-refractivity contribution in [3.05, 3.63) is 53.3 Å². The molecule has 1 aromatic carbocycles. The number of benzene rings is 1. The first kappa shape index (κ1) is 20.4. The third kappa shape index (κ3) is 3.90. The Kier molecular flexibility index (Phi) is 5.24. The number of carbonyl (C=O) groups excluding carboxylic acids is 1. The fraction of sp³-hybridized carbons (Fsp3) is 0.273. The summed E-state index contributed by atoms with van der Waals surface area (Å²) in [5.41, 5.74) is 2.19. The Hall–Kier alpha value is -3.50. The van der Waals surface area contributed by atoms with E-state index in [2.05, 4.69) is 49.4 Å². The van der Waals surface area contributed by atoms with Gasteiger partial charge in [-0.05, 0) is 45.3 Å². The number of hydrogen-bond acceptors (Lipinski definition) is 9. The third-order valence-electron chi connectivity index (χ3n) is 5.51. The molecule has 0 bridgehead atoms. The van der Waals surface area contributed by atoms with Crippen LogP contribution in [0.1, 0.15) is 15.4 Å². The van der Waals surface area contributed by atoms with E-state index in [1.165, 1.54) is 11.3 Å². The molecule has 1 aliphatic rings. The number of aryl methyl sites for hydroxylation is 1. The fourth-order valence-corrected chi connectivity index (χ4v) is 4.28. The van der Waals surface area contributed by atoms with Gasteiger partial charge in [-0.1, -0.05) is 17.4 Å².